The van der Waals surface area contributed by atoms with Crippen LogP contribution in [0.1, 0.15) is 52.1 Å². The van der Waals surface area contributed by atoms with E-state index in [0.29, 0.717) is 18.4 Å². The number of likely N-dealkylation sites (tertiary alicyclic amines) is 1. The van der Waals surface area contributed by atoms with Crippen LogP contribution in [0.2, 0.25) is 0 Å². The number of aliphatic imine (C=N–C) groups is 1. The predicted molar refractivity (Wildman–Crippen MR) is 198 cm³/mol. The SMILES string of the molecule is CCC(=O)O[C@@H]1[C@@](C=NC)(COP(=O)(N[C@@H](C)C(=O)OCC2CCN(CC(F)(F)F)CC2)Oc2ccccc2)OC[C@@]1(OC(=O)CC)c1ccc2c(N)ncnn12. The third-order valence-electron chi connectivity index (χ3n) is 9.51. The average molecular weight is 826 g/mol. The molecule has 2 aromatic heterocycles. The zero-order valence-corrected chi connectivity index (χ0v) is 32.9. The third kappa shape index (κ3) is 10.5. The maximum atomic E-state index is 14.7. The monoisotopic (exact) mass is 825 g/mol. The lowest BCUT2D eigenvalue weighted by molar-refractivity contribution is -0.186. The van der Waals surface area contributed by atoms with E-state index in [1.54, 1.807) is 44.2 Å². The van der Waals surface area contributed by atoms with Gasteiger partial charge in [0.05, 0.1) is 32.1 Å². The Kier molecular flexibility index (Phi) is 14.0. The number of benzene rings is 1. The van der Waals surface area contributed by atoms with Crippen molar-refractivity contribution < 1.29 is 60.1 Å². The van der Waals surface area contributed by atoms with Crippen LogP contribution in [0.4, 0.5) is 19.0 Å². The lowest BCUT2D eigenvalue weighted by Gasteiger charge is -2.38. The van der Waals surface area contributed by atoms with Gasteiger partial charge in [-0.05, 0) is 63.0 Å². The van der Waals surface area contributed by atoms with Gasteiger partial charge in [0.15, 0.2) is 17.5 Å². The summed E-state index contributed by atoms with van der Waals surface area (Å²) >= 11 is 0. The minimum Gasteiger partial charge on any atom is -0.464 e. The van der Waals surface area contributed by atoms with Gasteiger partial charge in [-0.2, -0.15) is 23.4 Å². The van der Waals surface area contributed by atoms with Crippen molar-refractivity contribution in [2.24, 2.45) is 10.9 Å². The number of hydrogen-bond donors (Lipinski definition) is 2. The van der Waals surface area contributed by atoms with E-state index in [-0.39, 0.29) is 55.7 Å². The largest absolute Gasteiger partial charge is 0.464 e. The van der Waals surface area contributed by atoms with Crippen molar-refractivity contribution in [1.82, 2.24) is 24.6 Å². The Balaban J connectivity index is 1.43. The van der Waals surface area contributed by atoms with Crippen molar-refractivity contribution in [3.05, 3.63) is 54.5 Å². The number of nitrogens with zero attached hydrogens (tertiary/aromatic N) is 5. The number of anilines is 1. The van der Waals surface area contributed by atoms with Crippen LogP contribution in [0, 0.1) is 5.92 Å². The van der Waals surface area contributed by atoms with Gasteiger partial charge < -0.3 is 29.2 Å². The lowest BCUT2D eigenvalue weighted by Crippen LogP contribution is -2.56. The number of ether oxygens (including phenoxy) is 4. The Morgan fingerprint density at radius 2 is 1.82 bits per heavy atom. The summed E-state index contributed by atoms with van der Waals surface area (Å²) in [6, 6.07) is 9.84. The summed E-state index contributed by atoms with van der Waals surface area (Å²) in [5, 5.41) is 6.91. The van der Waals surface area contributed by atoms with Gasteiger partial charge >= 0.3 is 31.8 Å². The minimum absolute atomic E-state index is 0.0621. The molecule has 5 atom stereocenters. The molecule has 0 spiro atoms. The standard InChI is InChI=1S/C36H47F3N7O10P/c1-5-29(47)54-33-34(19-41-4,52-22-35(33,55-30(48)6-2)28-13-12-27-31(40)42-23-43-46(27)28)21-53-57(50,56-26-10-8-7-9-11-26)44-24(3)32(49)51-18-25-14-16-45(17-15-25)20-36(37,38)39/h7-13,19,23-25,33H,5-6,14-18,20-22H2,1-4H3,(H,44,50)(H2,40,42,43)/t24-,33+,34+,35+,57?/m0/s1. The topological polar surface area (TPSA) is 207 Å². The summed E-state index contributed by atoms with van der Waals surface area (Å²) in [6.45, 7) is 2.72. The molecule has 17 nitrogen and oxygen atoms in total. The van der Waals surface area contributed by atoms with Crippen molar-refractivity contribution in [3.63, 3.8) is 0 Å². The number of piperidine rings is 1. The van der Waals surface area contributed by atoms with E-state index < -0.39 is 74.9 Å². The number of carbonyl (C=O) groups is 3. The molecule has 0 aliphatic carbocycles. The average Bonchev–Trinajstić information content (AvgIpc) is 3.74. The quantitative estimate of drug-likeness (QED) is 0.0845. The van der Waals surface area contributed by atoms with Gasteiger partial charge in [-0.1, -0.05) is 32.0 Å². The summed E-state index contributed by atoms with van der Waals surface area (Å²) in [5.41, 5.74) is 2.88. The Hall–Kier alpha value is -4.62. The van der Waals surface area contributed by atoms with Crippen LogP contribution in [0.15, 0.2) is 53.8 Å². The number of nitrogens with one attached hydrogen (secondary N) is 1. The molecular formula is C36H47F3N7O10P. The number of esters is 3. The molecular weight excluding hydrogens is 778 g/mol. The van der Waals surface area contributed by atoms with E-state index in [9.17, 15) is 32.1 Å². The number of nitrogen functional groups attached to an aromatic ring is 1. The van der Waals surface area contributed by atoms with Crippen molar-refractivity contribution >= 4 is 43.2 Å². The fourth-order valence-electron chi connectivity index (χ4n) is 6.64. The fraction of sp³-hybridized carbons (Fsp3) is 0.556. The molecule has 0 amide bonds. The van der Waals surface area contributed by atoms with E-state index in [0.717, 1.165) is 0 Å². The predicted octanol–water partition coefficient (Wildman–Crippen LogP) is 4.25. The summed E-state index contributed by atoms with van der Waals surface area (Å²) in [4.78, 5) is 49.0. The molecule has 2 fully saturated rings. The van der Waals surface area contributed by atoms with E-state index in [1.165, 1.54) is 48.1 Å². The highest BCUT2D eigenvalue weighted by Crippen LogP contribution is 2.50. The van der Waals surface area contributed by atoms with Crippen molar-refractivity contribution in [3.8, 4) is 5.75 Å². The normalized spacial score (nSPS) is 23.6. The molecule has 2 saturated heterocycles. The zero-order valence-electron chi connectivity index (χ0n) is 32.0. The molecule has 5 rings (SSSR count). The fourth-order valence-corrected chi connectivity index (χ4v) is 8.17. The van der Waals surface area contributed by atoms with Gasteiger partial charge in [-0.3, -0.25) is 28.8 Å². The van der Waals surface area contributed by atoms with Crippen molar-refractivity contribution in [1.29, 1.82) is 0 Å². The van der Waals surface area contributed by atoms with Gasteiger partial charge in [0.2, 0.25) is 5.60 Å². The van der Waals surface area contributed by atoms with Crippen LogP contribution >= 0.6 is 7.75 Å². The second-order valence-electron chi connectivity index (χ2n) is 13.7. The third-order valence-corrected chi connectivity index (χ3v) is 11.1. The van der Waals surface area contributed by atoms with Crippen LogP contribution < -0.4 is 15.3 Å². The number of nitrogens with two attached hydrogens (primary N) is 1. The number of hydrogen-bond acceptors (Lipinski definition) is 15. The molecule has 21 heteroatoms. The first kappa shape index (κ1) is 43.5. The second-order valence-corrected chi connectivity index (χ2v) is 15.4. The minimum atomic E-state index is -4.60. The van der Waals surface area contributed by atoms with Gasteiger partial charge in [0.25, 0.3) is 0 Å². The number of para-hydroxylation sites is 1. The van der Waals surface area contributed by atoms with E-state index in [2.05, 4.69) is 20.2 Å². The summed E-state index contributed by atoms with van der Waals surface area (Å²) in [6.07, 6.45) is -2.76. The molecule has 0 saturated carbocycles. The highest BCUT2D eigenvalue weighted by molar-refractivity contribution is 7.52. The van der Waals surface area contributed by atoms with Crippen LogP contribution in [-0.2, 0) is 48.0 Å². The maximum Gasteiger partial charge on any atom is 0.459 e. The smallest absolute Gasteiger partial charge is 0.459 e. The first-order chi connectivity index (χ1) is 27.1. The molecule has 2 aliphatic heterocycles. The lowest BCUT2D eigenvalue weighted by atomic mass is 9.85. The summed E-state index contributed by atoms with van der Waals surface area (Å²) < 4.78 is 90.5. The molecule has 2 aliphatic rings. The van der Waals surface area contributed by atoms with Gasteiger partial charge in [-0.25, -0.2) is 14.1 Å². The first-order valence-electron chi connectivity index (χ1n) is 18.4. The second kappa shape index (κ2) is 18.3. The molecule has 1 aromatic carbocycles. The molecule has 3 N–H and O–H groups in total. The van der Waals surface area contributed by atoms with Crippen LogP contribution in [0.3, 0.4) is 0 Å². The molecule has 312 valence electrons. The highest BCUT2D eigenvalue weighted by Gasteiger charge is 2.66. The van der Waals surface area contributed by atoms with Gasteiger partial charge in [-0.15, -0.1) is 0 Å². The molecule has 0 radical (unpaired) electrons. The Morgan fingerprint density at radius 3 is 2.47 bits per heavy atom. The van der Waals surface area contributed by atoms with Crippen molar-refractivity contribution in [2.45, 2.75) is 76.0 Å². The Bertz CT molecular complexity index is 1950. The number of aromatic nitrogens is 3. The Labute approximate surface area is 326 Å². The number of fused-ring (bicyclic) bond motifs is 1. The number of carbonyl (C=O) groups excluding carboxylic acids is 3. The molecule has 3 aromatic rings. The number of rotatable bonds is 17. The summed E-state index contributed by atoms with van der Waals surface area (Å²) in [7, 11) is -3.18. The van der Waals surface area contributed by atoms with Crippen LogP contribution in [0.5, 0.6) is 5.75 Å². The number of alkyl halides is 3. The maximum absolute atomic E-state index is 14.7. The van der Waals surface area contributed by atoms with Crippen LogP contribution in [0.25, 0.3) is 5.52 Å². The molecule has 57 heavy (non-hydrogen) atoms. The van der Waals surface area contributed by atoms with E-state index in [1.807, 2.05) is 0 Å². The number of halogens is 3. The van der Waals surface area contributed by atoms with E-state index in [4.69, 9.17) is 33.7 Å². The first-order valence-corrected chi connectivity index (χ1v) is 19.9. The molecule has 1 unspecified atom stereocenters. The van der Waals surface area contributed by atoms with Gasteiger partial charge in [0, 0.05) is 26.1 Å². The van der Waals surface area contributed by atoms with Crippen molar-refractivity contribution in [2.75, 3.05) is 52.2 Å². The Morgan fingerprint density at radius 1 is 1.12 bits per heavy atom. The summed E-state index contributed by atoms with van der Waals surface area (Å²) in [5.74, 6) is -2.18. The highest BCUT2D eigenvalue weighted by atomic mass is 31.2. The van der Waals surface area contributed by atoms with E-state index >= 15 is 0 Å². The van der Waals surface area contributed by atoms with Gasteiger partial charge in [0.1, 0.15) is 23.6 Å². The zero-order chi connectivity index (χ0) is 41.4. The molecule has 0 bridgehead atoms. The van der Waals surface area contributed by atoms with Crippen LogP contribution in [-0.4, -0.2) is 114 Å². The molecule has 4 heterocycles.